The Morgan fingerprint density at radius 1 is 0.966 bits per heavy atom. The number of amides is 1. The van der Waals surface area contributed by atoms with Gasteiger partial charge >= 0.3 is 6.09 Å². The number of carbonyl (C=O) groups excluding carboxylic acids is 1. The van der Waals surface area contributed by atoms with Gasteiger partial charge in [-0.2, -0.15) is 0 Å². The normalized spacial score (nSPS) is 12.4. The van der Waals surface area contributed by atoms with Crippen LogP contribution in [-0.4, -0.2) is 71.9 Å². The van der Waals surface area contributed by atoms with Gasteiger partial charge in [0.1, 0.15) is 18.5 Å². The lowest BCUT2D eigenvalue weighted by atomic mass is 10.1. The second-order valence-electron chi connectivity index (χ2n) is 7.23. The van der Waals surface area contributed by atoms with Crippen molar-refractivity contribution in [3.63, 3.8) is 0 Å². The van der Waals surface area contributed by atoms with Crippen molar-refractivity contribution in [3.05, 3.63) is 23.8 Å². The van der Waals surface area contributed by atoms with Crippen LogP contribution < -0.4 is 9.47 Å². The molecule has 0 spiro atoms. The van der Waals surface area contributed by atoms with Crippen LogP contribution in [0.3, 0.4) is 0 Å². The molecular weight excluding hydrogens is 382 g/mol. The number of carbonyl (C=O) groups is 1. The van der Waals surface area contributed by atoms with Gasteiger partial charge in [0.15, 0.2) is 25.1 Å². The summed E-state index contributed by atoms with van der Waals surface area (Å²) in [5.41, 5.74) is 0.184. The van der Waals surface area contributed by atoms with Gasteiger partial charge in [0.05, 0.1) is 6.54 Å². The van der Waals surface area contributed by atoms with Gasteiger partial charge in [0, 0.05) is 28.4 Å². The minimum Gasteiger partial charge on any atom is -0.464 e. The number of hydrogen-bond donors (Lipinski definition) is 0. The highest BCUT2D eigenvalue weighted by atomic mass is 16.7. The predicted octanol–water partition coefficient (Wildman–Crippen LogP) is 3.18. The molecule has 0 saturated heterocycles. The molecule has 9 nitrogen and oxygen atoms in total. The molecule has 0 aromatic heterocycles. The molecule has 0 heterocycles. The lowest BCUT2D eigenvalue weighted by Crippen LogP contribution is -2.37. The highest BCUT2D eigenvalue weighted by Gasteiger charge is 2.24. The quantitative estimate of drug-likeness (QED) is 0.481. The maximum absolute atomic E-state index is 12.3. The van der Waals surface area contributed by atoms with Crippen molar-refractivity contribution < 1.29 is 38.0 Å². The Morgan fingerprint density at radius 2 is 1.55 bits per heavy atom. The van der Waals surface area contributed by atoms with Gasteiger partial charge in [-0.1, -0.05) is 6.07 Å². The van der Waals surface area contributed by atoms with Crippen LogP contribution in [0.5, 0.6) is 11.5 Å². The van der Waals surface area contributed by atoms with Crippen LogP contribution in [0.25, 0.3) is 0 Å². The summed E-state index contributed by atoms with van der Waals surface area (Å²) in [7, 11) is 6.24. The lowest BCUT2D eigenvalue weighted by molar-refractivity contribution is -0.0814. The molecule has 9 heteroatoms. The number of benzene rings is 1. The van der Waals surface area contributed by atoms with E-state index in [-0.39, 0.29) is 26.9 Å². The Morgan fingerprint density at radius 3 is 2.10 bits per heavy atom. The summed E-state index contributed by atoms with van der Waals surface area (Å²) in [4.78, 5) is 13.8. The average molecular weight is 415 g/mol. The molecule has 0 N–H and O–H groups in total. The van der Waals surface area contributed by atoms with Crippen LogP contribution in [0.1, 0.15) is 32.4 Å². The fourth-order valence-corrected chi connectivity index (χ4v) is 2.27. The first-order valence-electron chi connectivity index (χ1n) is 9.14. The summed E-state index contributed by atoms with van der Waals surface area (Å²) in [6, 6.07) is 5.34. The van der Waals surface area contributed by atoms with E-state index in [4.69, 9.17) is 33.2 Å². The molecule has 0 saturated carbocycles. The molecule has 29 heavy (non-hydrogen) atoms. The molecule has 0 aliphatic rings. The van der Waals surface area contributed by atoms with E-state index in [1.165, 1.54) is 26.2 Å². The molecule has 0 aliphatic carbocycles. The zero-order valence-corrected chi connectivity index (χ0v) is 18.4. The summed E-state index contributed by atoms with van der Waals surface area (Å²) in [6.45, 7) is 5.88. The van der Waals surface area contributed by atoms with Crippen LogP contribution in [-0.2, 0) is 23.7 Å². The number of ether oxygens (including phenoxy) is 7. The van der Waals surface area contributed by atoms with Crippen molar-refractivity contribution in [2.75, 3.05) is 55.3 Å². The van der Waals surface area contributed by atoms with Crippen molar-refractivity contribution >= 4 is 6.09 Å². The van der Waals surface area contributed by atoms with E-state index in [9.17, 15) is 4.79 Å². The summed E-state index contributed by atoms with van der Waals surface area (Å²) in [5, 5.41) is 0. The summed E-state index contributed by atoms with van der Waals surface area (Å²) >= 11 is 0. The maximum atomic E-state index is 12.3. The number of nitrogens with zero attached hydrogens (tertiary/aromatic N) is 1. The largest absolute Gasteiger partial charge is 0.464 e. The Kier molecular flexibility index (Phi) is 10.7. The fraction of sp³-hybridized carbons (Fsp3) is 0.650. The monoisotopic (exact) mass is 415 g/mol. The first kappa shape index (κ1) is 25.0. The van der Waals surface area contributed by atoms with Crippen LogP contribution in [0.2, 0.25) is 0 Å². The standard InChI is InChI=1S/C20H33NO8/c1-20(2,3)29-19(22)21(4)11-18(28-14-25-7)15-8-9-16(26-12-23-5)17(10-15)27-13-24-6/h8-10,18H,11-14H2,1-7H3. The van der Waals surface area contributed by atoms with Crippen LogP contribution >= 0.6 is 0 Å². The Hall–Kier alpha value is -2.07. The van der Waals surface area contributed by atoms with Crippen molar-refractivity contribution in [3.8, 4) is 11.5 Å². The summed E-state index contributed by atoms with van der Waals surface area (Å²) in [5.74, 6) is 0.964. The second kappa shape index (κ2) is 12.5. The van der Waals surface area contributed by atoms with E-state index < -0.39 is 17.8 Å². The number of hydrogen-bond acceptors (Lipinski definition) is 8. The number of methoxy groups -OCH3 is 3. The van der Waals surface area contributed by atoms with Gasteiger partial charge in [-0.05, 0) is 38.5 Å². The Balaban J connectivity index is 3.04. The molecule has 1 unspecified atom stereocenters. The lowest BCUT2D eigenvalue weighted by Gasteiger charge is -2.28. The molecule has 1 atom stereocenters. The number of likely N-dealkylation sites (N-methyl/N-ethyl adjacent to an activating group) is 1. The van der Waals surface area contributed by atoms with Gasteiger partial charge in [0.2, 0.25) is 0 Å². The third kappa shape index (κ3) is 9.31. The third-order valence-corrected chi connectivity index (χ3v) is 3.54. The Bertz CT molecular complexity index is 617. The highest BCUT2D eigenvalue weighted by Crippen LogP contribution is 2.32. The minimum absolute atomic E-state index is 0.0498. The van der Waals surface area contributed by atoms with Gasteiger partial charge in [-0.15, -0.1) is 0 Å². The van der Waals surface area contributed by atoms with Gasteiger partial charge in [-0.25, -0.2) is 4.79 Å². The molecular formula is C20H33NO8. The SMILES string of the molecule is COCOc1ccc(C(CN(C)C(=O)OC(C)(C)C)OCOC)cc1OCOC. The van der Waals surface area contributed by atoms with E-state index in [2.05, 4.69) is 0 Å². The van der Waals surface area contributed by atoms with Crippen molar-refractivity contribution in [2.24, 2.45) is 0 Å². The van der Waals surface area contributed by atoms with E-state index >= 15 is 0 Å². The van der Waals surface area contributed by atoms with Crippen LogP contribution in [0.15, 0.2) is 18.2 Å². The molecule has 0 radical (unpaired) electrons. The minimum atomic E-state index is -0.588. The second-order valence-corrected chi connectivity index (χ2v) is 7.23. The molecule has 0 aliphatic heterocycles. The first-order valence-corrected chi connectivity index (χ1v) is 9.14. The molecule has 1 rings (SSSR count). The topological polar surface area (TPSA) is 84.9 Å². The van der Waals surface area contributed by atoms with Crippen LogP contribution in [0.4, 0.5) is 4.79 Å². The molecule has 1 aromatic carbocycles. The van der Waals surface area contributed by atoms with E-state index in [0.29, 0.717) is 11.5 Å². The van der Waals surface area contributed by atoms with Crippen LogP contribution in [0, 0.1) is 0 Å². The molecule has 1 amide bonds. The molecule has 1 aromatic rings. The van der Waals surface area contributed by atoms with Crippen molar-refractivity contribution in [2.45, 2.75) is 32.5 Å². The summed E-state index contributed by atoms with van der Waals surface area (Å²) < 4.78 is 37.3. The smallest absolute Gasteiger partial charge is 0.410 e. The zero-order valence-electron chi connectivity index (χ0n) is 18.4. The van der Waals surface area contributed by atoms with E-state index in [1.54, 1.807) is 19.2 Å². The first-order chi connectivity index (χ1) is 13.7. The molecule has 0 bridgehead atoms. The van der Waals surface area contributed by atoms with Gasteiger partial charge < -0.3 is 38.1 Å². The van der Waals surface area contributed by atoms with Crippen molar-refractivity contribution in [1.82, 2.24) is 4.90 Å². The third-order valence-electron chi connectivity index (χ3n) is 3.54. The van der Waals surface area contributed by atoms with Crippen molar-refractivity contribution in [1.29, 1.82) is 0 Å². The average Bonchev–Trinajstić information content (AvgIpc) is 2.66. The Labute approximate surface area is 172 Å². The van der Waals surface area contributed by atoms with Gasteiger partial charge in [0.25, 0.3) is 0 Å². The zero-order chi connectivity index (χ0) is 21.9. The highest BCUT2D eigenvalue weighted by molar-refractivity contribution is 5.67. The molecule has 0 fully saturated rings. The number of rotatable bonds is 12. The van der Waals surface area contributed by atoms with E-state index in [1.807, 2.05) is 26.8 Å². The maximum Gasteiger partial charge on any atom is 0.410 e. The van der Waals surface area contributed by atoms with Gasteiger partial charge in [-0.3, -0.25) is 0 Å². The predicted molar refractivity (Wildman–Crippen MR) is 106 cm³/mol. The van der Waals surface area contributed by atoms with E-state index in [0.717, 1.165) is 5.56 Å². The summed E-state index contributed by atoms with van der Waals surface area (Å²) in [6.07, 6.45) is -0.923. The molecule has 166 valence electrons. The fourth-order valence-electron chi connectivity index (χ4n) is 2.27.